The van der Waals surface area contributed by atoms with Gasteiger partial charge in [-0.15, -0.1) is 0 Å². The summed E-state index contributed by atoms with van der Waals surface area (Å²) in [4.78, 5) is 18.6. The summed E-state index contributed by atoms with van der Waals surface area (Å²) >= 11 is 6.14. The zero-order valence-electron chi connectivity index (χ0n) is 12.8. The zero-order chi connectivity index (χ0) is 16.5. The van der Waals surface area contributed by atoms with Crippen molar-refractivity contribution in [3.8, 4) is 5.75 Å². The van der Waals surface area contributed by atoms with E-state index in [4.69, 9.17) is 21.1 Å². The topological polar surface area (TPSA) is 92.4 Å². The van der Waals surface area contributed by atoms with Gasteiger partial charge in [-0.2, -0.15) is 5.10 Å². The lowest BCUT2D eigenvalue weighted by Gasteiger charge is -2.34. The summed E-state index contributed by atoms with van der Waals surface area (Å²) in [5.41, 5.74) is 1.59. The van der Waals surface area contributed by atoms with Gasteiger partial charge in [-0.05, 0) is 12.1 Å². The number of halogens is 1. The van der Waals surface area contributed by atoms with Crippen LogP contribution >= 0.6 is 11.6 Å². The van der Waals surface area contributed by atoms with Crippen LogP contribution in [0.4, 0.5) is 10.5 Å². The largest absolute Gasteiger partial charge is 0.491 e. The van der Waals surface area contributed by atoms with Crippen molar-refractivity contribution >= 4 is 23.3 Å². The van der Waals surface area contributed by atoms with Gasteiger partial charge in [-0.25, -0.2) is 9.78 Å². The molecule has 0 spiro atoms. The van der Waals surface area contributed by atoms with E-state index in [1.54, 1.807) is 11.0 Å². The van der Waals surface area contributed by atoms with Gasteiger partial charge in [0.1, 0.15) is 23.9 Å². The van der Waals surface area contributed by atoms with Crippen molar-refractivity contribution in [2.45, 2.75) is 12.5 Å². The maximum Gasteiger partial charge on any atom is 0.322 e. The molecule has 8 nitrogen and oxygen atoms in total. The van der Waals surface area contributed by atoms with Crippen LogP contribution in [-0.4, -0.2) is 52.5 Å². The van der Waals surface area contributed by atoms with Crippen molar-refractivity contribution in [2.24, 2.45) is 0 Å². The normalized spacial score (nSPS) is 19.7. The van der Waals surface area contributed by atoms with E-state index >= 15 is 0 Å². The minimum atomic E-state index is -0.311. The number of carbonyl (C=O) groups is 1. The van der Waals surface area contributed by atoms with Gasteiger partial charge in [-0.3, -0.25) is 5.10 Å². The Morgan fingerprint density at radius 2 is 2.33 bits per heavy atom. The number of carbonyl (C=O) groups excluding carboxylic acids is 1. The van der Waals surface area contributed by atoms with Gasteiger partial charge in [0, 0.05) is 23.6 Å². The molecule has 2 aromatic rings. The lowest BCUT2D eigenvalue weighted by molar-refractivity contribution is 0.0118. The molecule has 9 heteroatoms. The van der Waals surface area contributed by atoms with E-state index in [1.807, 2.05) is 6.07 Å². The van der Waals surface area contributed by atoms with Crippen LogP contribution in [0.25, 0.3) is 0 Å². The summed E-state index contributed by atoms with van der Waals surface area (Å²) in [6.45, 7) is 1.90. The summed E-state index contributed by atoms with van der Waals surface area (Å²) < 4.78 is 11.1. The minimum absolute atomic E-state index is 0.250. The molecule has 1 unspecified atom stereocenters. The van der Waals surface area contributed by atoms with E-state index < -0.39 is 0 Å². The van der Waals surface area contributed by atoms with Crippen LogP contribution in [0.15, 0.2) is 18.5 Å². The van der Waals surface area contributed by atoms with Crippen molar-refractivity contribution in [3.05, 3.63) is 34.9 Å². The number of aromatic nitrogens is 3. The summed E-state index contributed by atoms with van der Waals surface area (Å²) in [5, 5.41) is 10.1. The summed E-state index contributed by atoms with van der Waals surface area (Å²) in [6, 6.07) is 3.01. The third-order valence-corrected chi connectivity index (χ3v) is 4.35. The second-order valence-electron chi connectivity index (χ2n) is 5.63. The van der Waals surface area contributed by atoms with Gasteiger partial charge >= 0.3 is 6.03 Å². The standard InChI is InChI=1S/C15H16ClN5O3/c16-10-5-9-1-3-24-13(9)11(6-10)19-15(22)21-2-4-23-7-12(21)14-17-8-18-20-14/h5-6,8,12H,1-4,7H2,(H,19,22)(H,17,18,20). The third kappa shape index (κ3) is 2.78. The number of fused-ring (bicyclic) bond motifs is 1. The van der Waals surface area contributed by atoms with Crippen LogP contribution in [0, 0.1) is 0 Å². The Balaban J connectivity index is 1.57. The number of hydrogen-bond acceptors (Lipinski definition) is 5. The molecule has 0 aliphatic carbocycles. The molecular weight excluding hydrogens is 334 g/mol. The van der Waals surface area contributed by atoms with Crippen LogP contribution in [0.1, 0.15) is 17.4 Å². The van der Waals surface area contributed by atoms with Crippen molar-refractivity contribution in [3.63, 3.8) is 0 Å². The number of nitrogens with one attached hydrogen (secondary N) is 2. The number of amides is 2. The average Bonchev–Trinajstić information content (AvgIpc) is 3.26. The quantitative estimate of drug-likeness (QED) is 0.865. The van der Waals surface area contributed by atoms with Crippen LogP contribution in [0.3, 0.4) is 0 Å². The monoisotopic (exact) mass is 349 g/mol. The van der Waals surface area contributed by atoms with E-state index in [-0.39, 0.29) is 12.1 Å². The van der Waals surface area contributed by atoms with Crippen LogP contribution < -0.4 is 10.1 Å². The molecule has 2 aliphatic rings. The number of ether oxygens (including phenoxy) is 2. The molecule has 4 rings (SSSR count). The highest BCUT2D eigenvalue weighted by atomic mass is 35.5. The number of urea groups is 1. The second-order valence-corrected chi connectivity index (χ2v) is 6.06. The Morgan fingerprint density at radius 3 is 3.17 bits per heavy atom. The Kier molecular flexibility index (Phi) is 3.99. The lowest BCUT2D eigenvalue weighted by atomic mass is 10.1. The number of aromatic amines is 1. The molecule has 1 atom stereocenters. The molecule has 1 aromatic carbocycles. The molecule has 126 valence electrons. The van der Waals surface area contributed by atoms with Crippen LogP contribution in [-0.2, 0) is 11.2 Å². The van der Waals surface area contributed by atoms with Gasteiger partial charge < -0.3 is 19.7 Å². The van der Waals surface area contributed by atoms with E-state index in [1.165, 1.54) is 6.33 Å². The molecule has 1 fully saturated rings. The number of H-pyrrole nitrogens is 1. The van der Waals surface area contributed by atoms with Crippen molar-refractivity contribution in [1.82, 2.24) is 20.1 Å². The second kappa shape index (κ2) is 6.29. The van der Waals surface area contributed by atoms with E-state index in [2.05, 4.69) is 20.5 Å². The number of nitrogens with zero attached hydrogens (tertiary/aromatic N) is 3. The van der Waals surface area contributed by atoms with E-state index in [0.717, 1.165) is 12.0 Å². The number of anilines is 1. The highest BCUT2D eigenvalue weighted by Crippen LogP contribution is 2.37. The molecular formula is C15H16ClN5O3. The van der Waals surface area contributed by atoms with Crippen molar-refractivity contribution in [1.29, 1.82) is 0 Å². The van der Waals surface area contributed by atoms with E-state index in [0.29, 0.717) is 48.6 Å². The van der Waals surface area contributed by atoms with Crippen LogP contribution in [0.5, 0.6) is 5.75 Å². The Morgan fingerprint density at radius 1 is 1.42 bits per heavy atom. The molecule has 0 bridgehead atoms. The first-order chi connectivity index (χ1) is 11.7. The summed E-state index contributed by atoms with van der Waals surface area (Å²) in [5.74, 6) is 1.29. The van der Waals surface area contributed by atoms with Crippen LogP contribution in [0.2, 0.25) is 5.02 Å². The van der Waals surface area contributed by atoms with Gasteiger partial charge in [-0.1, -0.05) is 11.6 Å². The fraction of sp³-hybridized carbons (Fsp3) is 0.400. The number of rotatable bonds is 2. The van der Waals surface area contributed by atoms with Gasteiger partial charge in [0.2, 0.25) is 0 Å². The maximum absolute atomic E-state index is 12.8. The molecule has 2 N–H and O–H groups in total. The number of hydrogen-bond donors (Lipinski definition) is 2. The maximum atomic E-state index is 12.8. The highest BCUT2D eigenvalue weighted by Gasteiger charge is 2.31. The molecule has 24 heavy (non-hydrogen) atoms. The molecule has 2 aliphatic heterocycles. The summed E-state index contributed by atoms with van der Waals surface area (Å²) in [6.07, 6.45) is 2.20. The first kappa shape index (κ1) is 15.2. The first-order valence-corrected chi connectivity index (χ1v) is 8.06. The number of morpholine rings is 1. The molecule has 1 saturated heterocycles. The smallest absolute Gasteiger partial charge is 0.322 e. The fourth-order valence-corrected chi connectivity index (χ4v) is 3.24. The van der Waals surface area contributed by atoms with Gasteiger partial charge in [0.05, 0.1) is 25.5 Å². The SMILES string of the molecule is O=C(Nc1cc(Cl)cc2c1OCC2)N1CCOCC1c1ncn[nH]1. The predicted molar refractivity (Wildman–Crippen MR) is 86.3 cm³/mol. The number of benzene rings is 1. The Labute approximate surface area is 143 Å². The molecule has 3 heterocycles. The Bertz CT molecular complexity index is 752. The zero-order valence-corrected chi connectivity index (χ0v) is 13.5. The van der Waals surface area contributed by atoms with Gasteiger partial charge in [0.25, 0.3) is 0 Å². The fourth-order valence-electron chi connectivity index (χ4n) is 3.00. The predicted octanol–water partition coefficient (Wildman–Crippen LogP) is 2.00. The molecule has 0 radical (unpaired) electrons. The van der Waals surface area contributed by atoms with Gasteiger partial charge in [0.15, 0.2) is 0 Å². The lowest BCUT2D eigenvalue weighted by Crippen LogP contribution is -2.45. The third-order valence-electron chi connectivity index (χ3n) is 4.13. The van der Waals surface area contributed by atoms with E-state index in [9.17, 15) is 4.79 Å². The highest BCUT2D eigenvalue weighted by molar-refractivity contribution is 6.31. The molecule has 0 saturated carbocycles. The minimum Gasteiger partial charge on any atom is -0.491 e. The van der Waals surface area contributed by atoms with Crippen molar-refractivity contribution in [2.75, 3.05) is 31.7 Å². The average molecular weight is 350 g/mol. The Hall–Kier alpha value is -2.32. The summed E-state index contributed by atoms with van der Waals surface area (Å²) in [7, 11) is 0. The molecule has 1 aromatic heterocycles. The molecule has 2 amide bonds. The van der Waals surface area contributed by atoms with Crippen molar-refractivity contribution < 1.29 is 14.3 Å². The first-order valence-electron chi connectivity index (χ1n) is 7.68.